The third-order valence-corrected chi connectivity index (χ3v) is 12.5. The summed E-state index contributed by atoms with van der Waals surface area (Å²) in [5.41, 5.74) is -0.819. The van der Waals surface area contributed by atoms with E-state index < -0.39 is 63.9 Å². The molecule has 1 unspecified atom stereocenters. The largest absolute Gasteiger partial charge is 0.494 e. The van der Waals surface area contributed by atoms with E-state index in [9.17, 15) is 37.1 Å². The number of piperazine rings is 1. The number of nitrogens with one attached hydrogen (secondary N) is 2. The summed E-state index contributed by atoms with van der Waals surface area (Å²) in [6.07, 6.45) is -2.32. The zero-order chi connectivity index (χ0) is 43.9. The van der Waals surface area contributed by atoms with Gasteiger partial charge in [0.25, 0.3) is 17.7 Å². The number of rotatable bonds is 13. The van der Waals surface area contributed by atoms with Crippen LogP contribution in [0.3, 0.4) is 0 Å². The molecule has 3 aromatic carbocycles. The number of nitrogens with zero attached hydrogens (tertiary/aromatic N) is 4. The van der Waals surface area contributed by atoms with Crippen LogP contribution in [0.1, 0.15) is 102 Å². The lowest BCUT2D eigenvalue weighted by atomic mass is 9.49. The van der Waals surface area contributed by atoms with Gasteiger partial charge in [-0.15, -0.1) is 0 Å². The molecule has 2 saturated heterocycles. The van der Waals surface area contributed by atoms with Crippen molar-refractivity contribution in [2.24, 2.45) is 10.8 Å². The van der Waals surface area contributed by atoms with E-state index in [4.69, 9.17) is 14.7 Å². The van der Waals surface area contributed by atoms with Crippen molar-refractivity contribution < 1.29 is 46.6 Å². The molecule has 3 aromatic rings. The molecule has 16 heteroatoms. The zero-order valence-electron chi connectivity index (χ0n) is 34.6. The van der Waals surface area contributed by atoms with Crippen LogP contribution in [-0.2, 0) is 15.8 Å². The monoisotopic (exact) mass is 842 g/mol. The average molecular weight is 843 g/mol. The number of amides is 5. The number of unbranched alkanes of at least 4 members (excludes halogenated alkanes) is 2. The summed E-state index contributed by atoms with van der Waals surface area (Å²) < 4.78 is 52.7. The van der Waals surface area contributed by atoms with E-state index in [-0.39, 0.29) is 41.7 Å². The summed E-state index contributed by atoms with van der Waals surface area (Å²) in [6, 6.07) is 15.8. The Balaban J connectivity index is 0.817. The van der Waals surface area contributed by atoms with Gasteiger partial charge < -0.3 is 19.7 Å². The Bertz CT molecular complexity index is 2250. The maximum atomic E-state index is 13.6. The Labute approximate surface area is 352 Å². The highest BCUT2D eigenvalue weighted by atomic mass is 19.4. The molecule has 3 fully saturated rings. The summed E-state index contributed by atoms with van der Waals surface area (Å²) in [6.45, 7) is 12.5. The van der Waals surface area contributed by atoms with Crippen LogP contribution in [0.15, 0.2) is 60.7 Å². The molecule has 5 amide bonds. The zero-order valence-corrected chi connectivity index (χ0v) is 34.6. The number of hydrogen-bond acceptors (Lipinski definition) is 10. The van der Waals surface area contributed by atoms with Crippen LogP contribution in [-0.4, -0.2) is 96.9 Å². The normalized spacial score (nSPS) is 22.2. The molecule has 61 heavy (non-hydrogen) atoms. The number of nitriles is 1. The lowest BCUT2D eigenvalue weighted by Crippen LogP contribution is -2.74. The fourth-order valence-electron chi connectivity index (χ4n) is 9.48. The lowest BCUT2D eigenvalue weighted by molar-refractivity contribution is -0.164. The minimum atomic E-state index is -4.70. The van der Waals surface area contributed by atoms with Crippen molar-refractivity contribution in [2.75, 3.05) is 44.2 Å². The van der Waals surface area contributed by atoms with Crippen molar-refractivity contribution in [3.05, 3.63) is 88.5 Å². The lowest BCUT2D eigenvalue weighted by Gasteiger charge is -2.63. The van der Waals surface area contributed by atoms with Crippen molar-refractivity contribution in [1.29, 1.82) is 5.26 Å². The first-order valence-corrected chi connectivity index (χ1v) is 20.5. The molecule has 3 heterocycles. The van der Waals surface area contributed by atoms with Crippen molar-refractivity contribution >= 4 is 35.2 Å². The smallest absolute Gasteiger partial charge is 0.417 e. The van der Waals surface area contributed by atoms with Gasteiger partial charge >= 0.3 is 6.18 Å². The Hall–Kier alpha value is -5.95. The number of carbonyl (C=O) groups is 5. The number of halogens is 3. The van der Waals surface area contributed by atoms with Gasteiger partial charge in [-0.2, -0.15) is 18.4 Å². The number of fused-ring (bicyclic) bond motifs is 1. The van der Waals surface area contributed by atoms with E-state index in [0.29, 0.717) is 17.9 Å². The fourth-order valence-corrected chi connectivity index (χ4v) is 9.48. The Kier molecular flexibility index (Phi) is 11.9. The van der Waals surface area contributed by atoms with Gasteiger partial charge in [0.05, 0.1) is 34.9 Å². The predicted molar refractivity (Wildman–Crippen MR) is 217 cm³/mol. The maximum absolute atomic E-state index is 13.6. The van der Waals surface area contributed by atoms with Crippen LogP contribution in [0.2, 0.25) is 0 Å². The number of carbonyl (C=O) groups excluding carboxylic acids is 5. The predicted octanol–water partition coefficient (Wildman–Crippen LogP) is 5.96. The molecule has 7 rings (SSSR count). The van der Waals surface area contributed by atoms with Crippen molar-refractivity contribution in [3.63, 3.8) is 0 Å². The van der Waals surface area contributed by atoms with Crippen LogP contribution < -0.4 is 25.0 Å². The van der Waals surface area contributed by atoms with Gasteiger partial charge in [-0.05, 0) is 92.9 Å². The quantitative estimate of drug-likeness (QED) is 0.155. The third kappa shape index (κ3) is 8.66. The number of benzene rings is 3. The van der Waals surface area contributed by atoms with Gasteiger partial charge in [0.1, 0.15) is 23.6 Å². The molecule has 4 aliphatic rings. The second-order valence-electron chi connectivity index (χ2n) is 17.3. The van der Waals surface area contributed by atoms with Crippen molar-refractivity contribution in [2.45, 2.75) is 84.2 Å². The second kappa shape index (κ2) is 16.8. The number of anilines is 1. The Morgan fingerprint density at radius 1 is 0.869 bits per heavy atom. The van der Waals surface area contributed by atoms with Crippen LogP contribution >= 0.6 is 0 Å². The second-order valence-corrected chi connectivity index (χ2v) is 17.3. The molecule has 1 atom stereocenters. The summed E-state index contributed by atoms with van der Waals surface area (Å²) in [4.78, 5) is 69.0. The number of piperidine rings is 1. The Morgan fingerprint density at radius 2 is 1.54 bits per heavy atom. The summed E-state index contributed by atoms with van der Waals surface area (Å²) in [7, 11) is 0. The number of imide groups is 2. The van der Waals surface area contributed by atoms with Crippen LogP contribution in [0, 0.1) is 22.2 Å². The van der Waals surface area contributed by atoms with Crippen LogP contribution in [0.4, 0.5) is 18.9 Å². The first-order valence-electron chi connectivity index (χ1n) is 20.5. The first-order chi connectivity index (χ1) is 28.9. The highest BCUT2D eigenvalue weighted by Gasteiger charge is 2.64. The molecule has 0 radical (unpaired) electrons. The van der Waals surface area contributed by atoms with E-state index in [1.807, 2.05) is 39.8 Å². The van der Waals surface area contributed by atoms with E-state index in [1.54, 1.807) is 30.3 Å². The molecule has 0 aromatic heterocycles. The molecule has 13 nitrogen and oxygen atoms in total. The molecule has 0 spiro atoms. The van der Waals surface area contributed by atoms with E-state index >= 15 is 0 Å². The average Bonchev–Trinajstić information content (AvgIpc) is 3.47. The van der Waals surface area contributed by atoms with Crippen molar-refractivity contribution in [1.82, 2.24) is 20.4 Å². The summed E-state index contributed by atoms with van der Waals surface area (Å²) >= 11 is 0. The molecular weight excluding hydrogens is 794 g/mol. The highest BCUT2D eigenvalue weighted by molar-refractivity contribution is 6.23. The number of alkyl halides is 3. The van der Waals surface area contributed by atoms with Crippen LogP contribution in [0.25, 0.3) is 0 Å². The third-order valence-electron chi connectivity index (χ3n) is 12.5. The van der Waals surface area contributed by atoms with Gasteiger partial charge in [-0.3, -0.25) is 39.1 Å². The van der Waals surface area contributed by atoms with Gasteiger partial charge in [0, 0.05) is 60.7 Å². The number of ether oxygens (including phenoxy) is 2. The maximum Gasteiger partial charge on any atom is 0.417 e. The topological polar surface area (TPSA) is 161 Å². The van der Waals surface area contributed by atoms with Gasteiger partial charge in [0.2, 0.25) is 11.8 Å². The van der Waals surface area contributed by atoms with E-state index in [2.05, 4.69) is 20.4 Å². The molecule has 2 N–H and O–H groups in total. The summed E-state index contributed by atoms with van der Waals surface area (Å²) in [5.74, 6) is -1.95. The van der Waals surface area contributed by atoms with Gasteiger partial charge in [-0.25, -0.2) is 0 Å². The molecule has 1 saturated carbocycles. The highest BCUT2D eigenvalue weighted by Crippen LogP contribution is 2.56. The molecule has 1 aliphatic carbocycles. The van der Waals surface area contributed by atoms with E-state index in [1.165, 1.54) is 12.1 Å². The molecular formula is C45H49F3N6O7. The standard InChI is InChI=1S/C45H49F3N6O7/c1-43(2)41(44(3,4)42(43)61-31-13-10-28(26-49)34(25-31)45(46,47)48)51-37(56)27-8-11-29(12-9-27)53-21-19-52(20-22-53)18-6-5-7-23-60-30-14-15-32-33(24-30)40(59)54(39(32)58)35-16-17-36(55)50-38(35)57/h8-15,24-25,35,41-42H,5-7,16-23H2,1-4H3,(H,51,56)(H,50,55,57). The van der Waals surface area contributed by atoms with E-state index in [0.717, 1.165) is 74.7 Å². The fraction of sp³-hybridized carbons (Fsp3) is 0.467. The first kappa shape index (κ1) is 43.1. The van der Waals surface area contributed by atoms with Gasteiger partial charge in [-0.1, -0.05) is 27.7 Å². The van der Waals surface area contributed by atoms with Gasteiger partial charge in [0.15, 0.2) is 0 Å². The number of hydrogen-bond donors (Lipinski definition) is 2. The molecule has 0 bridgehead atoms. The molecule has 322 valence electrons. The minimum absolute atomic E-state index is 0.0135. The van der Waals surface area contributed by atoms with Crippen LogP contribution in [0.5, 0.6) is 11.5 Å². The Morgan fingerprint density at radius 3 is 2.20 bits per heavy atom. The molecule has 3 aliphatic heterocycles. The SMILES string of the molecule is CC1(C)C(NC(=O)c2ccc(N3CCN(CCCCCOc4ccc5c(c4)C(=O)N(C4CCC(=O)NC4=O)C5=O)CC3)cc2)C(C)(C)C1Oc1ccc(C#N)c(C(F)(F)F)c1. The minimum Gasteiger partial charge on any atom is -0.494 e. The van der Waals surface area contributed by atoms with Crippen molar-refractivity contribution in [3.8, 4) is 17.6 Å². The summed E-state index contributed by atoms with van der Waals surface area (Å²) in [5, 5.41) is 14.5.